The number of aromatic nitrogens is 3. The molecule has 2 heterocycles. The van der Waals surface area contributed by atoms with E-state index in [0.717, 1.165) is 12.3 Å². The molecule has 124 valence electrons. The van der Waals surface area contributed by atoms with Gasteiger partial charge in [-0.05, 0) is 6.92 Å². The molecule has 0 bridgehead atoms. The molecule has 1 unspecified atom stereocenters. The zero-order valence-corrected chi connectivity index (χ0v) is 11.7. The van der Waals surface area contributed by atoms with E-state index in [1.165, 1.54) is 6.92 Å². The van der Waals surface area contributed by atoms with Gasteiger partial charge in [0.1, 0.15) is 17.9 Å². The van der Waals surface area contributed by atoms with Crippen molar-refractivity contribution >= 4 is 28.8 Å². The molecule has 7 nitrogen and oxygen atoms in total. The summed E-state index contributed by atoms with van der Waals surface area (Å²) < 4.78 is 53.4. The molecule has 0 aromatic carbocycles. The first-order chi connectivity index (χ1) is 10.7. The standard InChI is InChI=1S/C12H11F4N5O2/c1-5(4-23-10(22)12(14,15)16)19-9-8-7(20-11(17)21-9)2-6(13)3-18-8/h2-3,5H,4H2,1H3,(H3,17,19,20,21). The molecule has 2 aromatic rings. The Labute approximate surface area is 126 Å². The smallest absolute Gasteiger partial charge is 0.457 e. The third kappa shape index (κ3) is 4.14. The van der Waals surface area contributed by atoms with Gasteiger partial charge in [-0.1, -0.05) is 0 Å². The Balaban J connectivity index is 2.13. The van der Waals surface area contributed by atoms with Crippen LogP contribution in [-0.4, -0.2) is 39.7 Å². The lowest BCUT2D eigenvalue weighted by atomic mass is 10.3. The summed E-state index contributed by atoms with van der Waals surface area (Å²) in [7, 11) is 0. The molecule has 0 aliphatic heterocycles. The summed E-state index contributed by atoms with van der Waals surface area (Å²) in [6.45, 7) is 0.891. The number of carbonyl (C=O) groups is 1. The number of nitrogens with one attached hydrogen (secondary N) is 1. The summed E-state index contributed by atoms with van der Waals surface area (Å²) in [6, 6.07) is 0.352. The molecule has 0 aliphatic carbocycles. The zero-order chi connectivity index (χ0) is 17.2. The molecular weight excluding hydrogens is 322 g/mol. The van der Waals surface area contributed by atoms with Crippen molar-refractivity contribution in [3.05, 3.63) is 18.1 Å². The van der Waals surface area contributed by atoms with Crippen molar-refractivity contribution in [1.29, 1.82) is 0 Å². The molecule has 1 atom stereocenters. The highest BCUT2D eigenvalue weighted by Crippen LogP contribution is 2.21. The van der Waals surface area contributed by atoms with Gasteiger partial charge in [0, 0.05) is 6.07 Å². The molecule has 0 aliphatic rings. The highest BCUT2D eigenvalue weighted by molar-refractivity contribution is 5.86. The number of carbonyl (C=O) groups excluding carboxylic acids is 1. The Morgan fingerprint density at radius 3 is 2.78 bits per heavy atom. The molecule has 11 heteroatoms. The largest absolute Gasteiger partial charge is 0.490 e. The molecule has 0 saturated carbocycles. The van der Waals surface area contributed by atoms with E-state index in [4.69, 9.17) is 5.73 Å². The van der Waals surface area contributed by atoms with E-state index in [9.17, 15) is 22.4 Å². The average Bonchev–Trinajstić information content (AvgIpc) is 2.42. The molecule has 0 fully saturated rings. The number of hydrogen-bond donors (Lipinski definition) is 2. The van der Waals surface area contributed by atoms with Crippen LogP contribution in [0.4, 0.5) is 29.3 Å². The Hall–Kier alpha value is -2.72. The van der Waals surface area contributed by atoms with E-state index >= 15 is 0 Å². The predicted octanol–water partition coefficient (Wildman–Crippen LogP) is 1.65. The molecule has 0 saturated heterocycles. The van der Waals surface area contributed by atoms with Crippen LogP contribution in [0.25, 0.3) is 11.0 Å². The summed E-state index contributed by atoms with van der Waals surface area (Å²) in [5.74, 6) is -3.01. The van der Waals surface area contributed by atoms with Gasteiger partial charge >= 0.3 is 12.1 Å². The lowest BCUT2D eigenvalue weighted by molar-refractivity contribution is -0.199. The topological polar surface area (TPSA) is 103 Å². The number of alkyl halides is 3. The van der Waals surface area contributed by atoms with Crippen LogP contribution in [0, 0.1) is 5.82 Å². The molecule has 0 radical (unpaired) electrons. The normalized spacial score (nSPS) is 12.9. The third-order valence-electron chi connectivity index (χ3n) is 2.60. The van der Waals surface area contributed by atoms with Crippen molar-refractivity contribution in [2.24, 2.45) is 0 Å². The number of nitrogens with two attached hydrogens (primary N) is 1. The van der Waals surface area contributed by atoms with E-state index in [-0.39, 0.29) is 22.8 Å². The Morgan fingerprint density at radius 2 is 2.13 bits per heavy atom. The number of fused-ring (bicyclic) bond motifs is 1. The number of esters is 1. The van der Waals surface area contributed by atoms with Crippen molar-refractivity contribution in [3.63, 3.8) is 0 Å². The lowest BCUT2D eigenvalue weighted by Gasteiger charge is -2.16. The van der Waals surface area contributed by atoms with Gasteiger partial charge in [-0.2, -0.15) is 18.2 Å². The lowest BCUT2D eigenvalue weighted by Crippen LogP contribution is -2.31. The van der Waals surface area contributed by atoms with Crippen molar-refractivity contribution in [2.45, 2.75) is 19.1 Å². The maximum atomic E-state index is 13.1. The quantitative estimate of drug-likeness (QED) is 0.648. The molecular formula is C12H11F4N5O2. The van der Waals surface area contributed by atoms with Gasteiger partial charge in [-0.3, -0.25) is 0 Å². The summed E-state index contributed by atoms with van der Waals surface area (Å²) in [6.07, 6.45) is -4.13. The third-order valence-corrected chi connectivity index (χ3v) is 2.60. The highest BCUT2D eigenvalue weighted by atomic mass is 19.4. The van der Waals surface area contributed by atoms with Crippen LogP contribution in [0.2, 0.25) is 0 Å². The number of anilines is 2. The fourth-order valence-corrected chi connectivity index (χ4v) is 1.67. The van der Waals surface area contributed by atoms with Crippen LogP contribution in [0.3, 0.4) is 0 Å². The van der Waals surface area contributed by atoms with Crippen LogP contribution in [0.1, 0.15) is 6.92 Å². The van der Waals surface area contributed by atoms with E-state index in [1.54, 1.807) is 0 Å². The number of nitrogen functional groups attached to an aromatic ring is 1. The van der Waals surface area contributed by atoms with Crippen molar-refractivity contribution < 1.29 is 27.1 Å². The maximum absolute atomic E-state index is 13.1. The molecule has 3 N–H and O–H groups in total. The number of pyridine rings is 1. The number of hydrogen-bond acceptors (Lipinski definition) is 7. The van der Waals surface area contributed by atoms with Crippen LogP contribution in [-0.2, 0) is 9.53 Å². The minimum atomic E-state index is -5.06. The first-order valence-corrected chi connectivity index (χ1v) is 6.26. The van der Waals surface area contributed by atoms with Crippen LogP contribution in [0.5, 0.6) is 0 Å². The Bertz CT molecular complexity index is 732. The van der Waals surface area contributed by atoms with Crippen LogP contribution >= 0.6 is 0 Å². The van der Waals surface area contributed by atoms with Crippen molar-refractivity contribution in [1.82, 2.24) is 15.0 Å². The van der Waals surface area contributed by atoms with Crippen molar-refractivity contribution in [2.75, 3.05) is 17.7 Å². The minimum absolute atomic E-state index is 0.0862. The second-order valence-corrected chi connectivity index (χ2v) is 4.59. The Kier molecular flexibility index (Phi) is 4.48. The van der Waals surface area contributed by atoms with Gasteiger partial charge in [0.25, 0.3) is 0 Å². The number of ether oxygens (including phenoxy) is 1. The monoisotopic (exact) mass is 333 g/mol. The fourth-order valence-electron chi connectivity index (χ4n) is 1.67. The van der Waals surface area contributed by atoms with E-state index < -0.39 is 30.6 Å². The van der Waals surface area contributed by atoms with Crippen LogP contribution in [0.15, 0.2) is 12.3 Å². The van der Waals surface area contributed by atoms with Gasteiger partial charge in [-0.25, -0.2) is 19.2 Å². The predicted molar refractivity (Wildman–Crippen MR) is 71.8 cm³/mol. The number of rotatable bonds is 4. The Morgan fingerprint density at radius 1 is 1.43 bits per heavy atom. The van der Waals surface area contributed by atoms with Gasteiger partial charge in [0.2, 0.25) is 5.95 Å². The second-order valence-electron chi connectivity index (χ2n) is 4.59. The molecule has 0 amide bonds. The van der Waals surface area contributed by atoms with Gasteiger partial charge in [0.15, 0.2) is 5.82 Å². The number of nitrogens with zero attached hydrogens (tertiary/aromatic N) is 3. The highest BCUT2D eigenvalue weighted by Gasteiger charge is 2.41. The SMILES string of the molecule is CC(COC(=O)C(F)(F)F)Nc1nc(N)nc2cc(F)cnc12. The maximum Gasteiger partial charge on any atom is 0.490 e. The first-order valence-electron chi connectivity index (χ1n) is 6.26. The van der Waals surface area contributed by atoms with Crippen LogP contribution < -0.4 is 11.1 Å². The van der Waals surface area contributed by atoms with Gasteiger partial charge < -0.3 is 15.8 Å². The van der Waals surface area contributed by atoms with E-state index in [2.05, 4.69) is 25.0 Å². The summed E-state index contributed by atoms with van der Waals surface area (Å²) >= 11 is 0. The number of halogens is 4. The van der Waals surface area contributed by atoms with Crippen molar-refractivity contribution in [3.8, 4) is 0 Å². The van der Waals surface area contributed by atoms with E-state index in [1.807, 2.05) is 0 Å². The summed E-state index contributed by atoms with van der Waals surface area (Å²) in [5.41, 5.74) is 5.78. The first kappa shape index (κ1) is 16.6. The molecule has 23 heavy (non-hydrogen) atoms. The zero-order valence-electron chi connectivity index (χ0n) is 11.7. The summed E-state index contributed by atoms with van der Waals surface area (Å²) in [5, 5.41) is 2.69. The molecule has 0 spiro atoms. The molecule has 2 aromatic heterocycles. The van der Waals surface area contributed by atoms with E-state index in [0.29, 0.717) is 0 Å². The molecule has 2 rings (SSSR count). The van der Waals surface area contributed by atoms with Gasteiger partial charge in [0.05, 0.1) is 17.8 Å². The average molecular weight is 333 g/mol. The van der Waals surface area contributed by atoms with Gasteiger partial charge in [-0.15, -0.1) is 0 Å². The fraction of sp³-hybridized carbons (Fsp3) is 0.333. The second kappa shape index (κ2) is 6.18. The summed E-state index contributed by atoms with van der Waals surface area (Å²) in [4.78, 5) is 22.1. The minimum Gasteiger partial charge on any atom is -0.457 e.